The van der Waals surface area contributed by atoms with Gasteiger partial charge < -0.3 is 5.32 Å². The Balaban J connectivity index is 1.30. The number of hydrogen-bond donors (Lipinski definition) is 2. The number of hydrogen-bond acceptors (Lipinski definition) is 3. The molecule has 1 aliphatic carbocycles. The number of halogens is 1. The summed E-state index contributed by atoms with van der Waals surface area (Å²) in [4.78, 5) is 4.17. The Bertz CT molecular complexity index is 1100. The van der Waals surface area contributed by atoms with Crippen LogP contribution in [0.2, 0.25) is 0 Å². The number of benzene rings is 3. The van der Waals surface area contributed by atoms with E-state index in [0.717, 1.165) is 29.5 Å². The van der Waals surface area contributed by atoms with Crippen molar-refractivity contribution in [3.8, 4) is 22.5 Å². The lowest BCUT2D eigenvalue weighted by molar-refractivity contribution is 0.516. The molecule has 1 aliphatic rings. The summed E-state index contributed by atoms with van der Waals surface area (Å²) >= 11 is 0. The summed E-state index contributed by atoms with van der Waals surface area (Å²) in [5, 5.41) is 10.4. The highest BCUT2D eigenvalue weighted by atomic mass is 19.1. The zero-order valence-corrected chi connectivity index (χ0v) is 15.9. The van der Waals surface area contributed by atoms with E-state index in [9.17, 15) is 4.39 Å². The van der Waals surface area contributed by atoms with E-state index >= 15 is 0 Å². The lowest BCUT2D eigenvalue weighted by Crippen LogP contribution is -2.29. The van der Waals surface area contributed by atoms with E-state index in [2.05, 4.69) is 44.8 Å². The molecule has 0 fully saturated rings. The Labute approximate surface area is 168 Å². The smallest absolute Gasteiger partial charge is 0.180 e. The van der Waals surface area contributed by atoms with Crippen LogP contribution in [0.3, 0.4) is 0 Å². The second-order valence-corrected chi connectivity index (χ2v) is 7.46. The minimum Gasteiger partial charge on any atom is -0.309 e. The van der Waals surface area contributed by atoms with E-state index < -0.39 is 0 Å². The van der Waals surface area contributed by atoms with Crippen molar-refractivity contribution in [3.05, 3.63) is 95.6 Å². The van der Waals surface area contributed by atoms with Crippen LogP contribution in [-0.2, 0) is 19.4 Å². The average Bonchev–Trinajstić information content (AvgIpc) is 3.43. The molecule has 0 aliphatic heterocycles. The lowest BCUT2D eigenvalue weighted by Gasteiger charge is -2.13. The van der Waals surface area contributed by atoms with Crippen LogP contribution in [0, 0.1) is 5.82 Å². The van der Waals surface area contributed by atoms with Gasteiger partial charge in [-0.2, -0.15) is 5.10 Å². The van der Waals surface area contributed by atoms with Gasteiger partial charge in [0.1, 0.15) is 12.1 Å². The molecule has 1 heterocycles. The summed E-state index contributed by atoms with van der Waals surface area (Å²) < 4.78 is 14.4. The van der Waals surface area contributed by atoms with E-state index in [0.29, 0.717) is 24.0 Å². The van der Waals surface area contributed by atoms with E-state index in [-0.39, 0.29) is 5.82 Å². The van der Waals surface area contributed by atoms with Crippen molar-refractivity contribution in [2.24, 2.45) is 0 Å². The number of nitrogens with one attached hydrogen (secondary N) is 2. The maximum absolute atomic E-state index is 14.4. The zero-order valence-electron chi connectivity index (χ0n) is 15.9. The fraction of sp³-hybridized carbons (Fsp3) is 0.167. The predicted octanol–water partition coefficient (Wildman–Crippen LogP) is 4.53. The number of aromatic nitrogens is 3. The summed E-state index contributed by atoms with van der Waals surface area (Å²) in [5.74, 6) is 0.493. The van der Waals surface area contributed by atoms with E-state index in [1.165, 1.54) is 11.1 Å². The lowest BCUT2D eigenvalue weighted by atomic mass is 10.0. The van der Waals surface area contributed by atoms with Crippen LogP contribution >= 0.6 is 0 Å². The Kier molecular flexibility index (Phi) is 4.66. The van der Waals surface area contributed by atoms with Gasteiger partial charge in [0, 0.05) is 23.7 Å². The van der Waals surface area contributed by atoms with Gasteiger partial charge in [-0.25, -0.2) is 9.37 Å². The molecular weight excluding hydrogens is 363 g/mol. The van der Waals surface area contributed by atoms with Gasteiger partial charge in [-0.15, -0.1) is 0 Å². The third-order valence-corrected chi connectivity index (χ3v) is 5.57. The fourth-order valence-electron chi connectivity index (χ4n) is 4.01. The molecule has 0 amide bonds. The summed E-state index contributed by atoms with van der Waals surface area (Å²) in [6, 6.07) is 22.2. The van der Waals surface area contributed by atoms with Crippen LogP contribution in [0.1, 0.15) is 16.7 Å². The standard InChI is InChI=1S/C24H21FN4/c25-23-10-9-20(16-5-7-17(8-6-16)24-27-15-28-29-24)11-21(23)14-26-22-12-18-3-1-2-4-19(18)13-22/h1-11,15,22,26H,12-14H2,(H,27,28,29). The third-order valence-electron chi connectivity index (χ3n) is 5.57. The molecule has 1 aromatic heterocycles. The Morgan fingerprint density at radius 2 is 1.59 bits per heavy atom. The molecule has 0 saturated carbocycles. The number of fused-ring (bicyclic) bond motifs is 1. The average molecular weight is 384 g/mol. The van der Waals surface area contributed by atoms with E-state index in [1.54, 1.807) is 12.4 Å². The zero-order chi connectivity index (χ0) is 19.6. The van der Waals surface area contributed by atoms with Crippen LogP contribution in [0.25, 0.3) is 22.5 Å². The number of nitrogens with zero attached hydrogens (tertiary/aromatic N) is 2. The van der Waals surface area contributed by atoms with Crippen molar-refractivity contribution in [2.45, 2.75) is 25.4 Å². The number of aromatic amines is 1. The normalized spacial score (nSPS) is 13.6. The van der Waals surface area contributed by atoms with Crippen LogP contribution in [0.15, 0.2) is 73.1 Å². The molecule has 0 unspecified atom stereocenters. The third kappa shape index (κ3) is 3.69. The second-order valence-electron chi connectivity index (χ2n) is 7.46. The van der Waals surface area contributed by atoms with Crippen molar-refractivity contribution in [1.29, 1.82) is 0 Å². The van der Waals surface area contributed by atoms with Gasteiger partial charge in [0.2, 0.25) is 0 Å². The van der Waals surface area contributed by atoms with Gasteiger partial charge in [0.15, 0.2) is 5.82 Å². The highest BCUT2D eigenvalue weighted by Gasteiger charge is 2.20. The summed E-state index contributed by atoms with van der Waals surface area (Å²) in [6.07, 6.45) is 3.56. The maximum Gasteiger partial charge on any atom is 0.180 e. The van der Waals surface area contributed by atoms with E-state index in [1.807, 2.05) is 36.4 Å². The number of rotatable bonds is 5. The molecule has 0 radical (unpaired) electrons. The molecule has 144 valence electrons. The van der Waals surface area contributed by atoms with Gasteiger partial charge in [-0.3, -0.25) is 5.10 Å². The molecule has 0 atom stereocenters. The molecule has 0 spiro atoms. The van der Waals surface area contributed by atoms with Gasteiger partial charge in [0.25, 0.3) is 0 Å². The van der Waals surface area contributed by atoms with Crippen molar-refractivity contribution in [2.75, 3.05) is 0 Å². The first-order valence-electron chi connectivity index (χ1n) is 9.81. The second kappa shape index (κ2) is 7.60. The van der Waals surface area contributed by atoms with Crippen LogP contribution in [-0.4, -0.2) is 21.2 Å². The predicted molar refractivity (Wildman–Crippen MR) is 112 cm³/mol. The molecule has 5 rings (SSSR count). The minimum absolute atomic E-state index is 0.172. The Hall–Kier alpha value is -3.31. The summed E-state index contributed by atoms with van der Waals surface area (Å²) in [7, 11) is 0. The van der Waals surface area contributed by atoms with Crippen LogP contribution in [0.5, 0.6) is 0 Å². The molecule has 5 heteroatoms. The Morgan fingerprint density at radius 1 is 0.897 bits per heavy atom. The van der Waals surface area contributed by atoms with Gasteiger partial charge in [0.05, 0.1) is 0 Å². The molecule has 4 aromatic rings. The first-order valence-corrected chi connectivity index (χ1v) is 9.81. The van der Waals surface area contributed by atoms with Crippen LogP contribution in [0.4, 0.5) is 4.39 Å². The highest BCUT2D eigenvalue weighted by molar-refractivity contribution is 5.68. The van der Waals surface area contributed by atoms with Crippen LogP contribution < -0.4 is 5.32 Å². The van der Waals surface area contributed by atoms with Gasteiger partial charge >= 0.3 is 0 Å². The minimum atomic E-state index is -0.172. The Morgan fingerprint density at radius 3 is 2.28 bits per heavy atom. The molecule has 2 N–H and O–H groups in total. The molecule has 3 aromatic carbocycles. The fourth-order valence-corrected chi connectivity index (χ4v) is 4.01. The maximum atomic E-state index is 14.4. The van der Waals surface area contributed by atoms with Gasteiger partial charge in [-0.1, -0.05) is 54.6 Å². The summed E-state index contributed by atoms with van der Waals surface area (Å²) in [5.41, 5.74) is 6.46. The molecule has 29 heavy (non-hydrogen) atoms. The molecule has 4 nitrogen and oxygen atoms in total. The number of H-pyrrole nitrogens is 1. The van der Waals surface area contributed by atoms with E-state index in [4.69, 9.17) is 0 Å². The monoisotopic (exact) mass is 384 g/mol. The van der Waals surface area contributed by atoms with Crippen molar-refractivity contribution < 1.29 is 4.39 Å². The largest absolute Gasteiger partial charge is 0.309 e. The SMILES string of the molecule is Fc1ccc(-c2ccc(-c3nc[nH]n3)cc2)cc1CNC1Cc2ccccc2C1. The quantitative estimate of drug-likeness (QED) is 0.531. The van der Waals surface area contributed by atoms with Crippen molar-refractivity contribution in [1.82, 2.24) is 20.5 Å². The molecule has 0 bridgehead atoms. The molecular formula is C24H21FN4. The topological polar surface area (TPSA) is 53.6 Å². The summed E-state index contributed by atoms with van der Waals surface area (Å²) in [6.45, 7) is 0.521. The van der Waals surface area contributed by atoms with Crippen molar-refractivity contribution in [3.63, 3.8) is 0 Å². The highest BCUT2D eigenvalue weighted by Crippen LogP contribution is 2.26. The first-order chi connectivity index (χ1) is 14.3. The van der Waals surface area contributed by atoms with Crippen molar-refractivity contribution >= 4 is 0 Å². The first kappa shape index (κ1) is 17.8. The molecule has 0 saturated heterocycles. The van der Waals surface area contributed by atoms with Gasteiger partial charge in [-0.05, 0) is 47.2 Å².